The predicted octanol–water partition coefficient (Wildman–Crippen LogP) is 0.882. The highest BCUT2D eigenvalue weighted by molar-refractivity contribution is 6.29. The molecule has 0 spiro atoms. The smallest absolute Gasteiger partial charge is 0.189 e. The summed E-state index contributed by atoms with van der Waals surface area (Å²) in [5, 5.41) is 4.21. The van der Waals surface area contributed by atoms with E-state index in [4.69, 9.17) is 33.5 Å². The number of halogens is 1. The number of methoxy groups -OCH3 is 1. The first-order valence-corrected chi connectivity index (χ1v) is 5.29. The second-order valence-corrected chi connectivity index (χ2v) is 3.92. The number of nitrogens with zero attached hydrogens (tertiary/aromatic N) is 2. The zero-order chi connectivity index (χ0) is 13.0. The molecule has 0 aliphatic heterocycles. The van der Waals surface area contributed by atoms with Crippen molar-refractivity contribution in [2.75, 3.05) is 12.8 Å². The van der Waals surface area contributed by atoms with E-state index in [1.807, 2.05) is 6.92 Å². The van der Waals surface area contributed by atoms with E-state index in [9.17, 15) is 0 Å². The van der Waals surface area contributed by atoms with Gasteiger partial charge in [-0.15, -0.1) is 0 Å². The third-order valence-electron chi connectivity index (χ3n) is 2.27. The van der Waals surface area contributed by atoms with Crippen molar-refractivity contribution < 1.29 is 4.74 Å². The summed E-state index contributed by atoms with van der Waals surface area (Å²) in [6.07, 6.45) is 4.76. The minimum atomic E-state index is -0.190. The van der Waals surface area contributed by atoms with E-state index in [0.29, 0.717) is 11.3 Å². The van der Waals surface area contributed by atoms with Crippen LogP contribution in [0, 0.1) is 0 Å². The molecule has 1 aromatic rings. The van der Waals surface area contributed by atoms with Gasteiger partial charge in [0, 0.05) is 11.8 Å². The third-order valence-corrected chi connectivity index (χ3v) is 2.38. The lowest BCUT2D eigenvalue weighted by atomic mass is 10.1. The molecule has 6 N–H and O–H groups in total. The summed E-state index contributed by atoms with van der Waals surface area (Å²) in [6.45, 7) is 1.88. The summed E-state index contributed by atoms with van der Waals surface area (Å²) in [5.41, 5.74) is 18.0. The molecule has 6 nitrogen and oxygen atoms in total. The molecule has 0 fully saturated rings. The van der Waals surface area contributed by atoms with Gasteiger partial charge in [0.15, 0.2) is 5.88 Å². The van der Waals surface area contributed by atoms with E-state index in [0.717, 1.165) is 0 Å². The molecule has 0 amide bonds. The number of aromatic nitrogens is 2. The molecule has 1 unspecified atom stereocenters. The van der Waals surface area contributed by atoms with Crippen LogP contribution in [-0.2, 0) is 4.74 Å². The lowest BCUT2D eigenvalue weighted by Gasteiger charge is -2.16. The maximum atomic E-state index is 5.74. The second-order valence-electron chi connectivity index (χ2n) is 3.48. The van der Waals surface area contributed by atoms with Crippen molar-refractivity contribution in [1.29, 1.82) is 0 Å². The summed E-state index contributed by atoms with van der Waals surface area (Å²) in [7, 11) is 1.47. The van der Waals surface area contributed by atoms with Crippen LogP contribution in [0.2, 0.25) is 0 Å². The molecule has 7 heteroatoms. The van der Waals surface area contributed by atoms with Crippen LogP contribution >= 0.6 is 11.6 Å². The van der Waals surface area contributed by atoms with Crippen LogP contribution < -0.4 is 17.2 Å². The number of nitrogens with two attached hydrogens (primary N) is 3. The van der Waals surface area contributed by atoms with Gasteiger partial charge in [0.05, 0.1) is 30.2 Å². The Morgan fingerprint density at radius 2 is 2.24 bits per heavy atom. The van der Waals surface area contributed by atoms with Gasteiger partial charge in [-0.3, -0.25) is 4.68 Å². The molecule has 0 saturated carbocycles. The Hall–Kier alpha value is -1.82. The fraction of sp³-hybridized carbons (Fsp3) is 0.300. The Bertz CT molecular complexity index is 447. The van der Waals surface area contributed by atoms with Crippen molar-refractivity contribution in [2.45, 2.75) is 13.0 Å². The SMILES string of the molecule is CO/C(N)=C(/C=C(\N)Cl)C(C)n1cc(N)cn1. The van der Waals surface area contributed by atoms with Crippen molar-refractivity contribution in [3.05, 3.63) is 35.1 Å². The van der Waals surface area contributed by atoms with Crippen LogP contribution in [-0.4, -0.2) is 16.9 Å². The lowest BCUT2D eigenvalue weighted by Crippen LogP contribution is -2.14. The first-order chi connectivity index (χ1) is 7.95. The highest BCUT2D eigenvalue weighted by atomic mass is 35.5. The lowest BCUT2D eigenvalue weighted by molar-refractivity contribution is 0.278. The zero-order valence-corrected chi connectivity index (χ0v) is 10.5. The van der Waals surface area contributed by atoms with E-state index < -0.39 is 0 Å². The predicted molar refractivity (Wildman–Crippen MR) is 67.7 cm³/mol. The Labute approximate surface area is 105 Å². The molecule has 1 rings (SSSR count). The van der Waals surface area contributed by atoms with Gasteiger partial charge >= 0.3 is 0 Å². The van der Waals surface area contributed by atoms with Crippen LogP contribution in [0.3, 0.4) is 0 Å². The summed E-state index contributed by atoms with van der Waals surface area (Å²) in [4.78, 5) is 0. The van der Waals surface area contributed by atoms with Crippen molar-refractivity contribution in [1.82, 2.24) is 9.78 Å². The van der Waals surface area contributed by atoms with Crippen LogP contribution in [0.15, 0.2) is 35.1 Å². The average molecular weight is 258 g/mol. The van der Waals surface area contributed by atoms with Crippen LogP contribution in [0.4, 0.5) is 5.69 Å². The number of allylic oxidation sites excluding steroid dienone is 2. The van der Waals surface area contributed by atoms with Crippen LogP contribution in [0.25, 0.3) is 0 Å². The summed E-state index contributed by atoms with van der Waals surface area (Å²) in [6, 6.07) is -0.190. The highest BCUT2D eigenvalue weighted by Gasteiger charge is 2.15. The summed E-state index contributed by atoms with van der Waals surface area (Å²) >= 11 is 5.65. The largest absolute Gasteiger partial charge is 0.482 e. The van der Waals surface area contributed by atoms with E-state index in [2.05, 4.69) is 5.10 Å². The number of hydrogen-bond acceptors (Lipinski definition) is 5. The summed E-state index contributed by atoms with van der Waals surface area (Å²) < 4.78 is 6.63. The van der Waals surface area contributed by atoms with Crippen LogP contribution in [0.1, 0.15) is 13.0 Å². The van der Waals surface area contributed by atoms with Gasteiger partial charge in [0.2, 0.25) is 0 Å². The van der Waals surface area contributed by atoms with Gasteiger partial charge in [0.1, 0.15) is 0 Å². The quantitative estimate of drug-likeness (QED) is 0.422. The normalized spacial score (nSPS) is 15.4. The minimum Gasteiger partial charge on any atom is -0.482 e. The molecule has 0 aromatic carbocycles. The maximum absolute atomic E-state index is 5.74. The van der Waals surface area contributed by atoms with E-state index in [1.54, 1.807) is 17.1 Å². The number of nitrogen functional groups attached to an aromatic ring is 1. The molecule has 1 heterocycles. The van der Waals surface area contributed by atoms with Crippen molar-refractivity contribution in [3.8, 4) is 0 Å². The zero-order valence-electron chi connectivity index (χ0n) is 9.72. The van der Waals surface area contributed by atoms with Crippen molar-refractivity contribution in [3.63, 3.8) is 0 Å². The number of rotatable bonds is 4. The molecule has 0 aliphatic carbocycles. The number of anilines is 1. The standard InChI is InChI=1S/C10H16ClN5O/c1-6(16-5-7(12)4-15-16)8(3-9(11)13)10(14)17-2/h3-6H,12-14H2,1-2H3/b9-3-,10-8-. The summed E-state index contributed by atoms with van der Waals surface area (Å²) in [5.74, 6) is 0.232. The van der Waals surface area contributed by atoms with Gasteiger partial charge in [-0.25, -0.2) is 0 Å². The molecule has 1 aromatic heterocycles. The fourth-order valence-corrected chi connectivity index (χ4v) is 1.49. The molecule has 0 saturated heterocycles. The van der Waals surface area contributed by atoms with Crippen molar-refractivity contribution in [2.24, 2.45) is 11.5 Å². The van der Waals surface area contributed by atoms with Gasteiger partial charge in [-0.05, 0) is 13.0 Å². The fourth-order valence-electron chi connectivity index (χ4n) is 1.37. The maximum Gasteiger partial charge on any atom is 0.189 e. The molecule has 1 atom stereocenters. The van der Waals surface area contributed by atoms with E-state index >= 15 is 0 Å². The number of ether oxygens (including phenoxy) is 1. The van der Waals surface area contributed by atoms with Gasteiger partial charge in [0.25, 0.3) is 0 Å². The minimum absolute atomic E-state index is 0.118. The average Bonchev–Trinajstić information content (AvgIpc) is 2.70. The molecule has 94 valence electrons. The van der Waals surface area contributed by atoms with Gasteiger partial charge < -0.3 is 21.9 Å². The Kier molecular flexibility index (Phi) is 4.28. The highest BCUT2D eigenvalue weighted by Crippen LogP contribution is 2.22. The second kappa shape index (κ2) is 5.49. The monoisotopic (exact) mass is 257 g/mol. The Balaban J connectivity index is 3.12. The van der Waals surface area contributed by atoms with Crippen molar-refractivity contribution >= 4 is 17.3 Å². The third kappa shape index (κ3) is 3.32. The van der Waals surface area contributed by atoms with E-state index in [1.165, 1.54) is 13.2 Å². The first kappa shape index (κ1) is 13.2. The van der Waals surface area contributed by atoms with E-state index in [-0.39, 0.29) is 17.1 Å². The number of hydrogen-bond donors (Lipinski definition) is 3. The van der Waals surface area contributed by atoms with Gasteiger partial charge in [-0.1, -0.05) is 11.6 Å². The topological polar surface area (TPSA) is 105 Å². The molecule has 17 heavy (non-hydrogen) atoms. The molecule has 0 bridgehead atoms. The molecule has 0 radical (unpaired) electrons. The van der Waals surface area contributed by atoms with Gasteiger partial charge in [-0.2, -0.15) is 5.10 Å². The molecular weight excluding hydrogens is 242 g/mol. The Morgan fingerprint density at radius 3 is 2.65 bits per heavy atom. The first-order valence-electron chi connectivity index (χ1n) is 4.91. The Morgan fingerprint density at radius 1 is 1.59 bits per heavy atom. The van der Waals surface area contributed by atoms with Crippen LogP contribution in [0.5, 0.6) is 0 Å². The molecule has 0 aliphatic rings. The molecular formula is C10H16ClN5O.